The number of carboxylic acid groups (broad SMARTS) is 1. The van der Waals surface area contributed by atoms with Gasteiger partial charge < -0.3 is 14.7 Å². The second kappa shape index (κ2) is 9.98. The molecular formula is C22H29N3O3S. The molecule has 0 saturated heterocycles. The van der Waals surface area contributed by atoms with Crippen LogP contribution in [0.4, 0.5) is 11.6 Å². The van der Waals surface area contributed by atoms with Crippen molar-refractivity contribution in [3.63, 3.8) is 0 Å². The lowest BCUT2D eigenvalue weighted by Gasteiger charge is -2.27. The maximum Gasteiger partial charge on any atom is 0.335 e. The average molecular weight is 416 g/mol. The molecule has 6 nitrogen and oxygen atoms in total. The molecule has 2 aromatic rings. The van der Waals surface area contributed by atoms with Crippen LogP contribution in [0.3, 0.4) is 0 Å². The summed E-state index contributed by atoms with van der Waals surface area (Å²) >= 11 is 1.54. The molecule has 7 heteroatoms. The number of benzene rings is 1. The van der Waals surface area contributed by atoms with E-state index in [1.165, 1.54) is 18.4 Å². The summed E-state index contributed by atoms with van der Waals surface area (Å²) in [6.07, 6.45) is 3.19. The second-order valence-electron chi connectivity index (χ2n) is 7.49. The number of ether oxygens (including phenoxy) is 1. The largest absolute Gasteiger partial charge is 0.478 e. The molecule has 0 aliphatic heterocycles. The highest BCUT2D eigenvalue weighted by Crippen LogP contribution is 2.39. The number of nitrogens with zero attached hydrogens (tertiary/aromatic N) is 3. The fraction of sp³-hybridized carbons (Fsp3) is 0.455. The molecule has 2 atom stereocenters. The fourth-order valence-electron chi connectivity index (χ4n) is 3.34. The van der Waals surface area contributed by atoms with Crippen LogP contribution >= 0.6 is 11.9 Å². The zero-order valence-electron chi connectivity index (χ0n) is 17.2. The van der Waals surface area contributed by atoms with Crippen molar-refractivity contribution in [2.75, 3.05) is 42.3 Å². The van der Waals surface area contributed by atoms with Crippen molar-refractivity contribution in [1.29, 1.82) is 0 Å². The lowest BCUT2D eigenvalue weighted by molar-refractivity contribution is 0.0697. The smallest absolute Gasteiger partial charge is 0.335 e. The van der Waals surface area contributed by atoms with Gasteiger partial charge in [0.2, 0.25) is 0 Å². The third-order valence-electron chi connectivity index (χ3n) is 5.31. The van der Waals surface area contributed by atoms with Gasteiger partial charge >= 0.3 is 5.97 Å². The van der Waals surface area contributed by atoms with E-state index in [0.29, 0.717) is 43.2 Å². The van der Waals surface area contributed by atoms with Crippen LogP contribution < -0.4 is 9.21 Å². The predicted octanol–water partition coefficient (Wildman–Crippen LogP) is 4.17. The van der Waals surface area contributed by atoms with E-state index in [2.05, 4.69) is 24.0 Å². The summed E-state index contributed by atoms with van der Waals surface area (Å²) in [6.45, 7) is 5.03. The van der Waals surface area contributed by atoms with E-state index < -0.39 is 5.97 Å². The Morgan fingerprint density at radius 3 is 2.55 bits per heavy atom. The molecule has 29 heavy (non-hydrogen) atoms. The van der Waals surface area contributed by atoms with E-state index in [1.54, 1.807) is 19.2 Å². The fourth-order valence-corrected chi connectivity index (χ4v) is 3.90. The van der Waals surface area contributed by atoms with Crippen LogP contribution in [0, 0.1) is 11.8 Å². The van der Waals surface area contributed by atoms with Gasteiger partial charge in [-0.05, 0) is 36.0 Å². The number of pyridine rings is 1. The lowest BCUT2D eigenvalue weighted by Crippen LogP contribution is -2.31. The van der Waals surface area contributed by atoms with Crippen molar-refractivity contribution in [2.24, 2.45) is 11.8 Å². The normalized spacial score (nSPS) is 17.8. The molecule has 1 aromatic carbocycles. The highest BCUT2D eigenvalue weighted by atomic mass is 32.2. The van der Waals surface area contributed by atoms with Crippen molar-refractivity contribution in [1.82, 2.24) is 4.98 Å². The maximum absolute atomic E-state index is 11.8. The van der Waals surface area contributed by atoms with Crippen molar-refractivity contribution in [3.8, 4) is 0 Å². The number of carboxylic acids is 1. The molecule has 1 aliphatic rings. The Balaban J connectivity index is 1.91. The van der Waals surface area contributed by atoms with Gasteiger partial charge in [0.05, 0.1) is 18.7 Å². The third kappa shape index (κ3) is 5.87. The van der Waals surface area contributed by atoms with Crippen LogP contribution in [0.5, 0.6) is 0 Å². The highest BCUT2D eigenvalue weighted by Gasteiger charge is 2.34. The third-order valence-corrected chi connectivity index (χ3v) is 6.07. The minimum atomic E-state index is -0.942. The van der Waals surface area contributed by atoms with Gasteiger partial charge in [-0.3, -0.25) is 4.31 Å². The number of aromatic nitrogens is 1. The first-order chi connectivity index (χ1) is 14.0. The van der Waals surface area contributed by atoms with Crippen LogP contribution in [0.15, 0.2) is 42.5 Å². The molecular weight excluding hydrogens is 386 g/mol. The first-order valence-electron chi connectivity index (χ1n) is 9.86. The Hall–Kier alpha value is -2.25. The Morgan fingerprint density at radius 1 is 1.28 bits per heavy atom. The summed E-state index contributed by atoms with van der Waals surface area (Å²) in [7, 11) is 1.68. The average Bonchev–Trinajstić information content (AvgIpc) is 3.44. The monoisotopic (exact) mass is 415 g/mol. The molecule has 1 saturated carbocycles. The maximum atomic E-state index is 11.8. The molecule has 0 spiro atoms. The van der Waals surface area contributed by atoms with Crippen LogP contribution in [-0.2, 0) is 11.3 Å². The van der Waals surface area contributed by atoms with Crippen LogP contribution in [0.25, 0.3) is 0 Å². The molecule has 2 unspecified atom stereocenters. The van der Waals surface area contributed by atoms with Gasteiger partial charge in [0, 0.05) is 26.5 Å². The summed E-state index contributed by atoms with van der Waals surface area (Å²) in [5.41, 5.74) is 1.40. The van der Waals surface area contributed by atoms with E-state index in [1.807, 2.05) is 28.8 Å². The highest BCUT2D eigenvalue weighted by molar-refractivity contribution is 7.99. The van der Waals surface area contributed by atoms with Gasteiger partial charge in [-0.2, -0.15) is 0 Å². The van der Waals surface area contributed by atoms with Crippen molar-refractivity contribution in [3.05, 3.63) is 53.6 Å². The first-order valence-corrected chi connectivity index (χ1v) is 11.0. The van der Waals surface area contributed by atoms with Crippen LogP contribution in [0.2, 0.25) is 0 Å². The van der Waals surface area contributed by atoms with E-state index in [-0.39, 0.29) is 5.56 Å². The van der Waals surface area contributed by atoms with Gasteiger partial charge in [-0.25, -0.2) is 9.78 Å². The minimum Gasteiger partial charge on any atom is -0.478 e. The summed E-state index contributed by atoms with van der Waals surface area (Å²) in [5.74, 6) is 1.75. The second-order valence-corrected chi connectivity index (χ2v) is 8.30. The summed E-state index contributed by atoms with van der Waals surface area (Å²) in [4.78, 5) is 18.8. The van der Waals surface area contributed by atoms with E-state index >= 15 is 0 Å². The number of anilines is 2. The number of rotatable bonds is 11. The quantitative estimate of drug-likeness (QED) is 0.553. The number of hydrogen-bond donors (Lipinski definition) is 1. The SMILES string of the molecule is COCCN(CC1CC1C)c1cc(C(=O)O)cc(N(Cc2ccccc2)SC)n1. The Bertz CT molecular complexity index is 818. The zero-order valence-corrected chi connectivity index (χ0v) is 18.1. The van der Waals surface area contributed by atoms with Crippen molar-refractivity contribution >= 4 is 29.6 Å². The van der Waals surface area contributed by atoms with Gasteiger partial charge in [-0.1, -0.05) is 49.2 Å². The zero-order chi connectivity index (χ0) is 20.8. The van der Waals surface area contributed by atoms with Gasteiger partial charge in [0.1, 0.15) is 11.6 Å². The molecule has 1 N–H and O–H groups in total. The van der Waals surface area contributed by atoms with Gasteiger partial charge in [0.15, 0.2) is 0 Å². The van der Waals surface area contributed by atoms with Crippen molar-refractivity contribution < 1.29 is 14.6 Å². The predicted molar refractivity (Wildman–Crippen MR) is 119 cm³/mol. The molecule has 1 aromatic heterocycles. The standard InChI is InChI=1S/C22H29N3O3S/c1-16-11-19(16)15-24(9-10-28-2)20-12-18(22(26)27)13-21(23-20)25(29-3)14-17-7-5-4-6-8-17/h4-8,12-13,16,19H,9-11,14-15H2,1-3H3,(H,26,27). The molecule has 0 radical (unpaired) electrons. The number of methoxy groups -OCH3 is 1. The summed E-state index contributed by atoms with van der Waals surface area (Å²) < 4.78 is 7.31. The molecule has 1 aliphatic carbocycles. The van der Waals surface area contributed by atoms with Gasteiger partial charge in [0.25, 0.3) is 0 Å². The lowest BCUT2D eigenvalue weighted by atomic mass is 10.2. The van der Waals surface area contributed by atoms with E-state index in [9.17, 15) is 9.90 Å². The number of aromatic carboxylic acids is 1. The molecule has 156 valence electrons. The topological polar surface area (TPSA) is 65.9 Å². The Morgan fingerprint density at radius 2 is 1.97 bits per heavy atom. The molecule has 3 rings (SSSR count). The minimum absolute atomic E-state index is 0.253. The van der Waals surface area contributed by atoms with Gasteiger partial charge in [-0.15, -0.1) is 0 Å². The molecule has 1 fully saturated rings. The first kappa shape index (κ1) is 21.5. The van der Waals surface area contributed by atoms with Crippen LogP contribution in [-0.4, -0.2) is 49.1 Å². The van der Waals surface area contributed by atoms with E-state index in [4.69, 9.17) is 9.72 Å². The molecule has 0 amide bonds. The Kier molecular flexibility index (Phi) is 7.39. The van der Waals surface area contributed by atoms with Crippen LogP contribution in [0.1, 0.15) is 29.3 Å². The van der Waals surface area contributed by atoms with E-state index in [0.717, 1.165) is 12.1 Å². The summed E-state index contributed by atoms with van der Waals surface area (Å²) in [5, 5.41) is 9.68. The van der Waals surface area contributed by atoms with Crippen molar-refractivity contribution in [2.45, 2.75) is 19.9 Å². The number of carbonyl (C=O) groups is 1. The summed E-state index contributed by atoms with van der Waals surface area (Å²) in [6, 6.07) is 13.4. The molecule has 1 heterocycles. The number of hydrogen-bond acceptors (Lipinski definition) is 6. The Labute approximate surface area is 177 Å². The molecule has 0 bridgehead atoms.